The van der Waals surface area contributed by atoms with Crippen LogP contribution in [0.25, 0.3) is 10.6 Å². The minimum absolute atomic E-state index is 0.0684. The summed E-state index contributed by atoms with van der Waals surface area (Å²) in [5.74, 6) is 0. The molecule has 1 N–H and O–H groups in total. The summed E-state index contributed by atoms with van der Waals surface area (Å²) in [4.78, 5) is 12.3. The van der Waals surface area contributed by atoms with Gasteiger partial charge in [-0.2, -0.15) is 4.98 Å². The van der Waals surface area contributed by atoms with E-state index in [-0.39, 0.29) is 6.23 Å². The number of thiazole rings is 1. The lowest BCUT2D eigenvalue weighted by Gasteiger charge is -2.16. The van der Waals surface area contributed by atoms with E-state index in [1.165, 1.54) is 22.2 Å². The number of hydrogen-bond acceptors (Lipinski definition) is 4. The molecule has 3 rings (SSSR count). The third kappa shape index (κ3) is 1.99. The predicted molar refractivity (Wildman–Crippen MR) is 65.0 cm³/mol. The van der Waals surface area contributed by atoms with E-state index in [1.54, 1.807) is 30.2 Å². The molecule has 0 saturated heterocycles. The molecule has 3 aromatic rings. The zero-order valence-electron chi connectivity index (χ0n) is 9.26. The third-order valence-corrected chi connectivity index (χ3v) is 3.28. The van der Waals surface area contributed by atoms with Crippen LogP contribution >= 0.6 is 11.3 Å². The molecule has 0 atom stereocenters. The Bertz CT molecular complexity index is 621. The van der Waals surface area contributed by atoms with Crippen LogP contribution in [0, 0.1) is 6.23 Å². The highest BCUT2D eigenvalue weighted by Crippen LogP contribution is 2.24. The summed E-state index contributed by atoms with van der Waals surface area (Å²) in [6, 6.07) is 3.79. The highest BCUT2D eigenvalue weighted by Gasteiger charge is 2.12. The van der Waals surface area contributed by atoms with E-state index >= 15 is 0 Å². The fraction of sp³-hybridized carbons (Fsp3) is 0. The van der Waals surface area contributed by atoms with Crippen molar-refractivity contribution >= 4 is 11.3 Å². The lowest BCUT2D eigenvalue weighted by molar-refractivity contribution is -0.678. The van der Waals surface area contributed by atoms with Crippen molar-refractivity contribution in [1.29, 1.82) is 0 Å². The molecule has 5 nitrogen and oxygen atoms in total. The van der Waals surface area contributed by atoms with Crippen LogP contribution in [0.2, 0.25) is 0 Å². The summed E-state index contributed by atoms with van der Waals surface area (Å²) in [6.45, 7) is 0. The van der Waals surface area contributed by atoms with Crippen LogP contribution in [-0.4, -0.2) is 20.1 Å². The quantitative estimate of drug-likeness (QED) is 0.437. The van der Waals surface area contributed by atoms with E-state index in [4.69, 9.17) is 0 Å². The summed E-state index contributed by atoms with van der Waals surface area (Å²) in [7, 11) is 0. The van der Waals surface area contributed by atoms with Gasteiger partial charge in [-0.1, -0.05) is 6.07 Å². The van der Waals surface area contributed by atoms with Crippen molar-refractivity contribution in [3.63, 3.8) is 0 Å². The van der Waals surface area contributed by atoms with E-state index in [0.717, 1.165) is 10.6 Å². The number of hydrogen-bond donors (Lipinski definition) is 1. The third-order valence-electron chi connectivity index (χ3n) is 2.39. The molecule has 0 aliphatic heterocycles. The molecular weight excluding hydrogens is 248 g/mol. The zero-order valence-corrected chi connectivity index (χ0v) is 10.1. The van der Waals surface area contributed by atoms with Gasteiger partial charge in [0.05, 0.1) is 12.4 Å². The zero-order chi connectivity index (χ0) is 12.4. The van der Waals surface area contributed by atoms with Gasteiger partial charge >= 0.3 is 0 Å². The average molecular weight is 257 g/mol. The van der Waals surface area contributed by atoms with Crippen molar-refractivity contribution in [2.75, 3.05) is 0 Å². The standard InChI is InChI=1S/C12H9N4OS/c17-12(16-5-4-14-8-16)10-7-18-11(15-10)9-2-1-3-13-6-9/h1-8,17H/q-1. The van der Waals surface area contributed by atoms with Gasteiger partial charge in [-0.05, 0) is 18.0 Å². The minimum atomic E-state index is 0.0684. The summed E-state index contributed by atoms with van der Waals surface area (Å²) < 4.78 is 1.52. The Morgan fingerprint density at radius 1 is 1.44 bits per heavy atom. The highest BCUT2D eigenvalue weighted by atomic mass is 32.1. The smallest absolute Gasteiger partial charge is 0.249 e. The van der Waals surface area contributed by atoms with Gasteiger partial charge in [0.2, 0.25) is 5.01 Å². The fourth-order valence-electron chi connectivity index (χ4n) is 1.51. The Balaban J connectivity index is 1.90. The Labute approximate surface area is 107 Å². The minimum Gasteiger partial charge on any atom is -0.424 e. The Hall–Kier alpha value is -2.18. The molecule has 0 amide bonds. The van der Waals surface area contributed by atoms with E-state index in [2.05, 4.69) is 15.0 Å². The van der Waals surface area contributed by atoms with Crippen molar-refractivity contribution < 1.29 is 9.67 Å². The van der Waals surface area contributed by atoms with Crippen LogP contribution in [0.3, 0.4) is 0 Å². The summed E-state index contributed by atoms with van der Waals surface area (Å²) in [6.07, 6.45) is 8.32. The maximum Gasteiger partial charge on any atom is 0.249 e. The van der Waals surface area contributed by atoms with Gasteiger partial charge < -0.3 is 14.7 Å². The first-order valence-electron chi connectivity index (χ1n) is 5.25. The van der Waals surface area contributed by atoms with Crippen LogP contribution in [0.15, 0.2) is 48.6 Å². The second kappa shape index (κ2) is 4.59. The van der Waals surface area contributed by atoms with Gasteiger partial charge in [0.15, 0.2) is 11.3 Å². The number of aliphatic hydroxyl groups is 1. The molecule has 3 aromatic heterocycles. The molecule has 0 radical (unpaired) electrons. The van der Waals surface area contributed by atoms with Crippen molar-refractivity contribution in [2.24, 2.45) is 0 Å². The lowest BCUT2D eigenvalue weighted by Crippen LogP contribution is -2.38. The van der Waals surface area contributed by atoms with Crippen LogP contribution in [0.1, 0.15) is 5.69 Å². The largest absolute Gasteiger partial charge is 0.424 e. The number of nitrogens with zero attached hydrogens (tertiary/aromatic N) is 4. The van der Waals surface area contributed by atoms with Crippen molar-refractivity contribution in [3.8, 4) is 10.6 Å². The molecule has 0 bridgehead atoms. The number of pyridine rings is 1. The van der Waals surface area contributed by atoms with Crippen molar-refractivity contribution in [2.45, 2.75) is 0 Å². The molecule has 18 heavy (non-hydrogen) atoms. The lowest BCUT2D eigenvalue weighted by atomic mass is 10.3. The molecule has 90 valence electrons. The topological polar surface area (TPSA) is 62.8 Å². The van der Waals surface area contributed by atoms with Gasteiger partial charge in [0.25, 0.3) is 0 Å². The number of rotatable bonds is 3. The Morgan fingerprint density at radius 2 is 2.39 bits per heavy atom. The van der Waals surface area contributed by atoms with Crippen LogP contribution < -0.4 is 4.57 Å². The molecular formula is C12H9N4OS-. The van der Waals surface area contributed by atoms with Crippen LogP contribution in [0.5, 0.6) is 0 Å². The molecule has 0 saturated carbocycles. The van der Waals surface area contributed by atoms with E-state index < -0.39 is 0 Å². The van der Waals surface area contributed by atoms with Gasteiger partial charge in [-0.15, -0.1) is 6.07 Å². The number of imidazole rings is 1. The van der Waals surface area contributed by atoms with E-state index in [9.17, 15) is 5.11 Å². The first-order valence-corrected chi connectivity index (χ1v) is 6.13. The second-order valence-electron chi connectivity index (χ2n) is 3.57. The van der Waals surface area contributed by atoms with E-state index in [0.29, 0.717) is 5.69 Å². The fourth-order valence-corrected chi connectivity index (χ4v) is 2.30. The van der Waals surface area contributed by atoms with Gasteiger partial charge in [0, 0.05) is 11.9 Å². The van der Waals surface area contributed by atoms with Gasteiger partial charge in [-0.3, -0.25) is 4.98 Å². The Morgan fingerprint density at radius 3 is 3.11 bits per heavy atom. The predicted octanol–water partition coefficient (Wildman–Crippen LogP) is 1.36. The molecule has 0 aromatic carbocycles. The first-order chi connectivity index (χ1) is 8.84. The normalized spacial score (nSPS) is 10.5. The molecule has 6 heteroatoms. The number of aromatic nitrogens is 4. The maximum absolute atomic E-state index is 10.0. The van der Waals surface area contributed by atoms with Crippen molar-refractivity contribution in [3.05, 3.63) is 60.5 Å². The highest BCUT2D eigenvalue weighted by molar-refractivity contribution is 7.13. The Kier molecular flexibility index (Phi) is 2.79. The SMILES string of the molecule is O[C-](c1c[s+][c-](-c2cccnc2)n1)[n+]1cnc[cH-]1. The molecule has 3 heterocycles. The first kappa shape index (κ1) is 10.9. The summed E-state index contributed by atoms with van der Waals surface area (Å²) in [5.41, 5.74) is 1.46. The maximum atomic E-state index is 10.0. The molecule has 0 fully saturated rings. The monoisotopic (exact) mass is 257 g/mol. The molecule has 0 unspecified atom stereocenters. The number of aliphatic hydroxyl groups excluding tert-OH is 1. The molecule has 0 aliphatic carbocycles. The second-order valence-corrected chi connectivity index (χ2v) is 4.43. The van der Waals surface area contributed by atoms with E-state index in [1.807, 2.05) is 12.1 Å². The van der Waals surface area contributed by atoms with Crippen molar-refractivity contribution in [1.82, 2.24) is 15.0 Å². The summed E-state index contributed by atoms with van der Waals surface area (Å²) in [5, 5.41) is 12.6. The van der Waals surface area contributed by atoms with Gasteiger partial charge in [0.1, 0.15) is 11.7 Å². The van der Waals surface area contributed by atoms with Crippen LogP contribution in [0.4, 0.5) is 0 Å². The van der Waals surface area contributed by atoms with Gasteiger partial charge in [-0.25, -0.2) is 0 Å². The van der Waals surface area contributed by atoms with Crippen LogP contribution in [-0.2, 0) is 0 Å². The molecule has 0 spiro atoms. The average Bonchev–Trinajstić information content (AvgIpc) is 3.10. The summed E-state index contributed by atoms with van der Waals surface area (Å²) >= 11 is 1.46. The molecule has 0 aliphatic rings.